The van der Waals surface area contributed by atoms with E-state index in [0.717, 1.165) is 31.7 Å². The molecule has 0 aliphatic carbocycles. The fourth-order valence-electron chi connectivity index (χ4n) is 1.88. The van der Waals surface area contributed by atoms with Crippen molar-refractivity contribution >= 4 is 22.6 Å². The first kappa shape index (κ1) is 15.5. The summed E-state index contributed by atoms with van der Waals surface area (Å²) in [4.78, 5) is 0. The Bertz CT molecular complexity index is 537. The highest BCUT2D eigenvalue weighted by Crippen LogP contribution is 2.20. The van der Waals surface area contributed by atoms with Crippen LogP contribution in [0.5, 0.6) is 0 Å². The van der Waals surface area contributed by atoms with Crippen LogP contribution in [0.25, 0.3) is 11.1 Å². The molecule has 1 aromatic carbocycles. The molecule has 0 bridgehead atoms. The van der Waals surface area contributed by atoms with Gasteiger partial charge in [0.25, 0.3) is 0 Å². The Morgan fingerprint density at radius 1 is 1.25 bits per heavy atom. The third-order valence-electron chi connectivity index (χ3n) is 3.10. The van der Waals surface area contributed by atoms with Crippen molar-refractivity contribution in [2.24, 2.45) is 5.92 Å². The predicted molar refractivity (Wildman–Crippen MR) is 90.7 cm³/mol. The van der Waals surface area contributed by atoms with Crippen molar-refractivity contribution in [3.63, 3.8) is 0 Å². The summed E-state index contributed by atoms with van der Waals surface area (Å²) in [7, 11) is 0. The normalized spacial score (nSPS) is 11.2. The Balaban J connectivity index is 1.83. The molecule has 0 radical (unpaired) electrons. The topological polar surface area (TPSA) is 27.1 Å². The predicted octanol–water partition coefficient (Wildman–Crippen LogP) is 4.22. The Kier molecular flexibility index (Phi) is 6.04. The van der Waals surface area contributed by atoms with Gasteiger partial charge in [-0.15, -0.1) is 0 Å². The highest BCUT2D eigenvalue weighted by molar-refractivity contribution is 14.1. The number of rotatable bonds is 7. The minimum atomic E-state index is 0.701. The van der Waals surface area contributed by atoms with Crippen LogP contribution in [-0.2, 0) is 11.3 Å². The van der Waals surface area contributed by atoms with Gasteiger partial charge in [-0.25, -0.2) is 0 Å². The van der Waals surface area contributed by atoms with Gasteiger partial charge in [-0.2, -0.15) is 5.10 Å². The van der Waals surface area contributed by atoms with Crippen molar-refractivity contribution in [3.8, 4) is 11.1 Å². The average molecular weight is 384 g/mol. The van der Waals surface area contributed by atoms with Gasteiger partial charge in [0, 0.05) is 21.9 Å². The number of halogens is 1. The van der Waals surface area contributed by atoms with Crippen LogP contribution in [0.15, 0.2) is 36.7 Å². The summed E-state index contributed by atoms with van der Waals surface area (Å²) in [5, 5.41) is 4.39. The van der Waals surface area contributed by atoms with Gasteiger partial charge >= 0.3 is 0 Å². The van der Waals surface area contributed by atoms with Crippen molar-refractivity contribution in [1.82, 2.24) is 9.78 Å². The third-order valence-corrected chi connectivity index (χ3v) is 3.77. The molecule has 0 fully saturated rings. The van der Waals surface area contributed by atoms with E-state index in [1.165, 1.54) is 9.13 Å². The molecule has 0 spiro atoms. The monoisotopic (exact) mass is 384 g/mol. The first-order valence-corrected chi connectivity index (χ1v) is 8.09. The zero-order chi connectivity index (χ0) is 14.4. The number of benzene rings is 1. The summed E-state index contributed by atoms with van der Waals surface area (Å²) < 4.78 is 8.81. The second kappa shape index (κ2) is 7.78. The molecule has 0 saturated carbocycles. The number of nitrogens with zero attached hydrogens (tertiary/aromatic N) is 2. The van der Waals surface area contributed by atoms with Crippen molar-refractivity contribution in [2.45, 2.75) is 26.8 Å². The summed E-state index contributed by atoms with van der Waals surface area (Å²) in [6.07, 6.45) is 5.11. The van der Waals surface area contributed by atoms with Crippen molar-refractivity contribution < 1.29 is 4.74 Å². The molecule has 1 aromatic heterocycles. The number of hydrogen-bond acceptors (Lipinski definition) is 2. The van der Waals surface area contributed by atoms with Crippen LogP contribution in [0.2, 0.25) is 0 Å². The SMILES string of the molecule is CC(C)CCOCCn1cc(-c2cccc(I)c2)cn1. The Morgan fingerprint density at radius 2 is 2.10 bits per heavy atom. The Hall–Kier alpha value is -0.880. The van der Waals surface area contributed by atoms with E-state index in [1.54, 1.807) is 0 Å². The largest absolute Gasteiger partial charge is 0.380 e. The molecule has 20 heavy (non-hydrogen) atoms. The molecule has 0 aliphatic rings. The van der Waals surface area contributed by atoms with Gasteiger partial charge in [-0.05, 0) is 52.6 Å². The van der Waals surface area contributed by atoms with Gasteiger partial charge in [0.1, 0.15) is 0 Å². The summed E-state index contributed by atoms with van der Waals surface area (Å²) >= 11 is 2.33. The zero-order valence-corrected chi connectivity index (χ0v) is 14.2. The van der Waals surface area contributed by atoms with Crippen LogP contribution < -0.4 is 0 Å². The van der Waals surface area contributed by atoms with Gasteiger partial charge in [-0.3, -0.25) is 4.68 Å². The maximum absolute atomic E-state index is 5.62. The molecule has 0 unspecified atom stereocenters. The van der Waals surface area contributed by atoms with E-state index in [1.807, 2.05) is 10.9 Å². The van der Waals surface area contributed by atoms with Gasteiger partial charge < -0.3 is 4.74 Å². The molecular formula is C16H21IN2O. The number of hydrogen-bond donors (Lipinski definition) is 0. The highest BCUT2D eigenvalue weighted by Gasteiger charge is 2.02. The lowest BCUT2D eigenvalue weighted by atomic mass is 10.1. The fraction of sp³-hybridized carbons (Fsp3) is 0.438. The standard InChI is InChI=1S/C16H21IN2O/c1-13(2)6-8-20-9-7-19-12-15(11-18-19)14-4-3-5-16(17)10-14/h3-5,10-13H,6-9H2,1-2H3. The lowest BCUT2D eigenvalue weighted by Gasteiger charge is -2.06. The van der Waals surface area contributed by atoms with Gasteiger partial charge in [0.2, 0.25) is 0 Å². The molecule has 0 aliphatic heterocycles. The van der Waals surface area contributed by atoms with Gasteiger partial charge in [0.05, 0.1) is 19.3 Å². The van der Waals surface area contributed by atoms with Crippen LogP contribution in [-0.4, -0.2) is 23.0 Å². The third kappa shape index (κ3) is 4.90. The molecule has 2 aromatic rings. The summed E-state index contributed by atoms with van der Waals surface area (Å²) in [5.74, 6) is 0.701. The van der Waals surface area contributed by atoms with E-state index in [0.29, 0.717) is 5.92 Å². The molecule has 1 heterocycles. The second-order valence-electron chi connectivity index (χ2n) is 5.30. The van der Waals surface area contributed by atoms with Crippen molar-refractivity contribution in [3.05, 3.63) is 40.2 Å². The van der Waals surface area contributed by atoms with Crippen LogP contribution in [0, 0.1) is 9.49 Å². The fourth-order valence-corrected chi connectivity index (χ4v) is 2.43. The van der Waals surface area contributed by atoms with Crippen molar-refractivity contribution in [2.75, 3.05) is 13.2 Å². The summed E-state index contributed by atoms with van der Waals surface area (Å²) in [6, 6.07) is 8.45. The maximum atomic E-state index is 5.62. The van der Waals surface area contributed by atoms with E-state index < -0.39 is 0 Å². The molecule has 3 nitrogen and oxygen atoms in total. The molecule has 108 valence electrons. The molecule has 0 amide bonds. The van der Waals surface area contributed by atoms with E-state index in [2.05, 4.69) is 72.0 Å². The molecular weight excluding hydrogens is 363 g/mol. The van der Waals surface area contributed by atoms with Gasteiger partial charge in [-0.1, -0.05) is 26.0 Å². The minimum Gasteiger partial charge on any atom is -0.380 e. The lowest BCUT2D eigenvalue weighted by molar-refractivity contribution is 0.114. The van der Waals surface area contributed by atoms with E-state index >= 15 is 0 Å². The molecule has 4 heteroatoms. The van der Waals surface area contributed by atoms with Crippen LogP contribution in [0.1, 0.15) is 20.3 Å². The Labute approximate surface area is 134 Å². The number of ether oxygens (including phenoxy) is 1. The summed E-state index contributed by atoms with van der Waals surface area (Å²) in [6.45, 7) is 6.79. The minimum absolute atomic E-state index is 0.701. The smallest absolute Gasteiger partial charge is 0.0662 e. The first-order valence-electron chi connectivity index (χ1n) is 7.01. The molecule has 0 saturated heterocycles. The van der Waals surface area contributed by atoms with Crippen LogP contribution in [0.3, 0.4) is 0 Å². The first-order chi connectivity index (χ1) is 9.65. The van der Waals surface area contributed by atoms with E-state index in [9.17, 15) is 0 Å². The zero-order valence-electron chi connectivity index (χ0n) is 12.1. The van der Waals surface area contributed by atoms with E-state index in [-0.39, 0.29) is 0 Å². The van der Waals surface area contributed by atoms with E-state index in [4.69, 9.17) is 4.74 Å². The average Bonchev–Trinajstić information content (AvgIpc) is 2.87. The maximum Gasteiger partial charge on any atom is 0.0662 e. The molecule has 0 N–H and O–H groups in total. The summed E-state index contributed by atoms with van der Waals surface area (Å²) in [5.41, 5.74) is 2.37. The van der Waals surface area contributed by atoms with Gasteiger partial charge in [0.15, 0.2) is 0 Å². The second-order valence-corrected chi connectivity index (χ2v) is 6.54. The van der Waals surface area contributed by atoms with Crippen LogP contribution in [0.4, 0.5) is 0 Å². The molecule has 0 atom stereocenters. The van der Waals surface area contributed by atoms with Crippen molar-refractivity contribution in [1.29, 1.82) is 0 Å². The Morgan fingerprint density at radius 3 is 2.85 bits per heavy atom. The highest BCUT2D eigenvalue weighted by atomic mass is 127. The molecule has 2 rings (SSSR count). The lowest BCUT2D eigenvalue weighted by Crippen LogP contribution is -2.08. The quantitative estimate of drug-likeness (QED) is 0.528. The number of aromatic nitrogens is 2. The van der Waals surface area contributed by atoms with Crippen LogP contribution >= 0.6 is 22.6 Å².